The number of carboxylic acids is 5. The monoisotopic (exact) mass is 813 g/mol. The van der Waals surface area contributed by atoms with E-state index >= 15 is 0 Å². The van der Waals surface area contributed by atoms with Gasteiger partial charge in [0.1, 0.15) is 24.2 Å². The van der Waals surface area contributed by atoms with Crippen molar-refractivity contribution in [1.29, 1.82) is 0 Å². The lowest BCUT2D eigenvalue weighted by molar-refractivity contribution is -0.143. The summed E-state index contributed by atoms with van der Waals surface area (Å²) in [7, 11) is 0. The van der Waals surface area contributed by atoms with Crippen molar-refractivity contribution in [2.45, 2.75) is 95.0 Å². The van der Waals surface area contributed by atoms with Crippen molar-refractivity contribution in [2.24, 2.45) is 0 Å². The number of rotatable bonds is 26. The Morgan fingerprint density at radius 1 is 0.589 bits per heavy atom. The number of carbonyl (C=O) groups excluding carboxylic acids is 5. The molecule has 5 atom stereocenters. The second kappa shape index (κ2) is 25.0. The van der Waals surface area contributed by atoms with Gasteiger partial charge in [-0.05, 0) is 43.7 Å². The number of carboxylic acid groups (broad SMARTS) is 5. The molecule has 12 N–H and O–H groups in total. The van der Waals surface area contributed by atoms with Crippen LogP contribution in [0.3, 0.4) is 0 Å². The first-order chi connectivity index (χ1) is 26.3. The Balaban J connectivity index is 2.58. The number of hydrogen-bond acceptors (Lipinski definition) is 11. The van der Waals surface area contributed by atoms with Gasteiger partial charge in [0.25, 0.3) is 0 Å². The predicted molar refractivity (Wildman–Crippen MR) is 195 cm³/mol. The second-order valence-corrected chi connectivity index (χ2v) is 12.8. The van der Waals surface area contributed by atoms with Crippen LogP contribution in [0.5, 0.6) is 0 Å². The maximum atomic E-state index is 12.9. The minimum atomic E-state index is -1.63. The molecule has 1 aromatic carbocycles. The van der Waals surface area contributed by atoms with Gasteiger partial charge in [-0.2, -0.15) is 12.6 Å². The number of thiol groups is 1. The first-order valence-electron chi connectivity index (χ1n) is 17.1. The first kappa shape index (κ1) is 47.9. The van der Waals surface area contributed by atoms with E-state index in [-0.39, 0.29) is 38.1 Å². The molecule has 0 bridgehead atoms. The zero-order chi connectivity index (χ0) is 42.4. The fraction of sp³-hybridized carbons (Fsp3) is 0.515. The highest BCUT2D eigenvalue weighted by atomic mass is 32.1. The van der Waals surface area contributed by atoms with E-state index in [2.05, 4.69) is 44.5 Å². The Morgan fingerprint density at radius 3 is 1.62 bits per heavy atom. The molecular formula is C33H47N7O15S. The van der Waals surface area contributed by atoms with Crippen LogP contribution in [0.25, 0.3) is 0 Å². The van der Waals surface area contributed by atoms with Crippen molar-refractivity contribution in [3.05, 3.63) is 35.4 Å². The van der Waals surface area contributed by atoms with E-state index < -0.39 is 116 Å². The zero-order valence-electron chi connectivity index (χ0n) is 30.2. The van der Waals surface area contributed by atoms with E-state index in [1.165, 1.54) is 0 Å². The molecule has 1 rings (SSSR count). The van der Waals surface area contributed by atoms with Crippen LogP contribution in [0, 0.1) is 0 Å². The van der Waals surface area contributed by atoms with Crippen molar-refractivity contribution in [1.82, 2.24) is 37.2 Å². The summed E-state index contributed by atoms with van der Waals surface area (Å²) in [6, 6.07) is -1.90. The molecule has 56 heavy (non-hydrogen) atoms. The van der Waals surface area contributed by atoms with E-state index in [1.807, 2.05) is 5.32 Å². The fourth-order valence-corrected chi connectivity index (χ4v) is 4.79. The number of benzene rings is 1. The summed E-state index contributed by atoms with van der Waals surface area (Å²) in [5.41, 5.74) is 1.09. The molecule has 0 unspecified atom stereocenters. The average Bonchev–Trinajstić information content (AvgIpc) is 3.10. The number of unbranched alkanes of at least 4 members (excludes halogenated alkanes) is 1. The van der Waals surface area contributed by atoms with Gasteiger partial charge in [0.2, 0.25) is 17.7 Å². The normalized spacial score (nSPS) is 13.2. The zero-order valence-corrected chi connectivity index (χ0v) is 31.1. The summed E-state index contributed by atoms with van der Waals surface area (Å²) < 4.78 is 0. The van der Waals surface area contributed by atoms with Crippen LogP contribution < -0.4 is 37.2 Å². The Labute approximate surface area is 325 Å². The molecule has 0 fully saturated rings. The molecule has 0 heterocycles. The molecule has 0 aromatic heterocycles. The van der Waals surface area contributed by atoms with Crippen LogP contribution in [0.2, 0.25) is 0 Å². The molecule has 23 heteroatoms. The van der Waals surface area contributed by atoms with Gasteiger partial charge in [0.05, 0.1) is 19.3 Å². The maximum absolute atomic E-state index is 12.9. The number of aliphatic carboxylic acids is 5. The lowest BCUT2D eigenvalue weighted by Gasteiger charge is -2.22. The molecule has 310 valence electrons. The second-order valence-electron chi connectivity index (χ2n) is 12.4. The third-order valence-corrected chi connectivity index (χ3v) is 8.15. The highest BCUT2D eigenvalue weighted by Gasteiger charge is 2.30. The van der Waals surface area contributed by atoms with Gasteiger partial charge in [-0.3, -0.25) is 28.8 Å². The molecule has 7 amide bonds. The molecule has 0 saturated carbocycles. The molecule has 0 aliphatic heterocycles. The van der Waals surface area contributed by atoms with E-state index in [4.69, 9.17) is 10.2 Å². The quantitative estimate of drug-likeness (QED) is 0.0379. The van der Waals surface area contributed by atoms with Crippen molar-refractivity contribution >= 4 is 72.3 Å². The SMILES string of the molecule is C[C@H](CS)NC(=O)[C@H](CC(=O)O)NC(=O)[C@H](CC(=O)O)NC(=O)Cc1ccc(CNC(=O)NCCCC[C@H](NC(=O)N[C@@H](CCC(=O)O)C(=O)O)C(=O)O)cc1. The Hall–Kier alpha value is -6.13. The van der Waals surface area contributed by atoms with Gasteiger partial charge in [0.15, 0.2) is 0 Å². The number of hydrogen-bond donors (Lipinski definition) is 13. The highest BCUT2D eigenvalue weighted by Crippen LogP contribution is 2.07. The van der Waals surface area contributed by atoms with Gasteiger partial charge in [-0.1, -0.05) is 24.3 Å². The predicted octanol–water partition coefficient (Wildman–Crippen LogP) is -1.38. The Morgan fingerprint density at radius 2 is 1.11 bits per heavy atom. The largest absolute Gasteiger partial charge is 0.481 e. The smallest absolute Gasteiger partial charge is 0.326 e. The minimum absolute atomic E-state index is 0.0565. The molecule has 0 aliphatic rings. The number of amides is 7. The molecule has 1 aromatic rings. The van der Waals surface area contributed by atoms with E-state index in [0.29, 0.717) is 17.5 Å². The molecular weight excluding hydrogens is 766 g/mol. The molecule has 0 saturated heterocycles. The van der Waals surface area contributed by atoms with E-state index in [1.54, 1.807) is 31.2 Å². The minimum Gasteiger partial charge on any atom is -0.481 e. The summed E-state index contributed by atoms with van der Waals surface area (Å²) >= 11 is 4.03. The van der Waals surface area contributed by atoms with Crippen LogP contribution in [-0.4, -0.2) is 128 Å². The maximum Gasteiger partial charge on any atom is 0.326 e. The third kappa shape index (κ3) is 20.4. The number of carbonyl (C=O) groups is 10. The third-order valence-electron chi connectivity index (χ3n) is 7.60. The fourth-order valence-electron chi connectivity index (χ4n) is 4.70. The van der Waals surface area contributed by atoms with Gasteiger partial charge in [-0.25, -0.2) is 19.2 Å². The summed E-state index contributed by atoms with van der Waals surface area (Å²) in [6.45, 7) is 1.80. The van der Waals surface area contributed by atoms with Crippen LogP contribution in [0.4, 0.5) is 9.59 Å². The van der Waals surface area contributed by atoms with Crippen molar-refractivity contribution in [3.63, 3.8) is 0 Å². The van der Waals surface area contributed by atoms with Crippen molar-refractivity contribution in [2.75, 3.05) is 12.3 Å². The van der Waals surface area contributed by atoms with Gasteiger partial charge >= 0.3 is 41.9 Å². The Bertz CT molecular complexity index is 1580. The summed E-state index contributed by atoms with van der Waals surface area (Å²) in [5.74, 6) is -9.42. The van der Waals surface area contributed by atoms with Crippen molar-refractivity contribution in [3.8, 4) is 0 Å². The number of urea groups is 2. The molecule has 0 spiro atoms. The first-order valence-corrected chi connectivity index (χ1v) is 17.7. The number of nitrogens with one attached hydrogen (secondary N) is 7. The lowest BCUT2D eigenvalue weighted by atomic mass is 10.1. The van der Waals surface area contributed by atoms with E-state index in [9.17, 15) is 63.3 Å². The summed E-state index contributed by atoms with van der Waals surface area (Å²) in [6.07, 6.45) is -2.37. The van der Waals surface area contributed by atoms with Crippen LogP contribution in [-0.2, 0) is 51.3 Å². The van der Waals surface area contributed by atoms with Gasteiger partial charge < -0.3 is 62.8 Å². The van der Waals surface area contributed by atoms with Gasteiger partial charge in [0, 0.05) is 31.3 Å². The van der Waals surface area contributed by atoms with Gasteiger partial charge in [-0.15, -0.1) is 0 Å². The van der Waals surface area contributed by atoms with Crippen LogP contribution in [0.1, 0.15) is 63.0 Å². The topological polar surface area (TPSA) is 356 Å². The molecule has 22 nitrogen and oxygen atoms in total. The molecule has 0 aliphatic carbocycles. The van der Waals surface area contributed by atoms with Crippen LogP contribution >= 0.6 is 12.6 Å². The molecule has 0 radical (unpaired) electrons. The van der Waals surface area contributed by atoms with Crippen molar-refractivity contribution < 1.29 is 73.5 Å². The average molecular weight is 814 g/mol. The standard InChI is InChI=1S/C33H47N7O15S/c1-17(16-56)36-28(48)23(14-27(46)47)38-29(49)22(13-26(44)45)37-24(41)12-18-5-7-19(8-6-18)15-35-32(54)34-11-3-2-4-20(30(50)51)39-33(55)40-21(31(52)53)9-10-25(42)43/h5-8,17,20-23,56H,2-4,9-16H2,1H3,(H,36,48)(H,37,41)(H,38,49)(H,42,43)(H,44,45)(H,46,47)(H,50,51)(H,52,53)(H2,34,35,54)(H2,39,40,55)/t17-,20+,21+,22+,23+/m1/s1. The highest BCUT2D eigenvalue weighted by molar-refractivity contribution is 7.80. The Kier molecular flexibility index (Phi) is 21.4. The van der Waals surface area contributed by atoms with E-state index in [0.717, 1.165) is 0 Å². The lowest BCUT2D eigenvalue weighted by Crippen LogP contribution is -2.56. The summed E-state index contributed by atoms with van der Waals surface area (Å²) in [4.78, 5) is 119. The van der Waals surface area contributed by atoms with Crippen LogP contribution in [0.15, 0.2) is 24.3 Å². The summed E-state index contributed by atoms with van der Waals surface area (Å²) in [5, 5.41) is 62.0.